The predicted molar refractivity (Wildman–Crippen MR) is 94.0 cm³/mol. The lowest BCUT2D eigenvalue weighted by Gasteiger charge is -2.00. The van der Waals surface area contributed by atoms with E-state index in [0.29, 0.717) is 10.9 Å². The highest BCUT2D eigenvalue weighted by Gasteiger charge is 2.17. The van der Waals surface area contributed by atoms with E-state index in [9.17, 15) is 20.2 Å². The van der Waals surface area contributed by atoms with Crippen molar-refractivity contribution >= 4 is 38.8 Å². The van der Waals surface area contributed by atoms with Gasteiger partial charge in [0.05, 0.1) is 34.0 Å². The molecule has 2 heterocycles. The first kappa shape index (κ1) is 15.2. The van der Waals surface area contributed by atoms with Gasteiger partial charge < -0.3 is 0 Å². The van der Waals surface area contributed by atoms with Gasteiger partial charge in [-0.1, -0.05) is 18.2 Å². The summed E-state index contributed by atoms with van der Waals surface area (Å²) in [6.07, 6.45) is 0. The molecule has 0 saturated carbocycles. The van der Waals surface area contributed by atoms with Crippen molar-refractivity contribution in [3.8, 4) is 6.07 Å². The van der Waals surface area contributed by atoms with Gasteiger partial charge in [0.2, 0.25) is 0 Å². The minimum Gasteiger partial charge on any atom is -0.268 e. The maximum Gasteiger partial charge on any atom is 0.273 e. The molecule has 0 aliphatic carbocycles. The molecule has 122 valence electrons. The molecule has 0 aliphatic heterocycles. The summed E-state index contributed by atoms with van der Waals surface area (Å²) in [5.41, 5.74) is 0.0671. The molecule has 8 heteroatoms. The SMILES string of the molecule is [C-]#[N+]C(C#N)=c1c2ccccc2n2c(=O)c3cc([N+](=O)[O-])ccc3nc12. The number of nitrogens with zero attached hydrogens (tertiary/aromatic N) is 5. The van der Waals surface area contributed by atoms with Gasteiger partial charge in [-0.05, 0) is 17.5 Å². The van der Waals surface area contributed by atoms with Crippen LogP contribution in [0, 0.1) is 28.0 Å². The Labute approximate surface area is 144 Å². The van der Waals surface area contributed by atoms with Crippen LogP contribution in [-0.4, -0.2) is 14.3 Å². The minimum absolute atomic E-state index is 0.0975. The van der Waals surface area contributed by atoms with Crippen LogP contribution in [0.4, 0.5) is 5.69 Å². The molecular formula is C18H7N5O3. The van der Waals surface area contributed by atoms with E-state index in [1.807, 2.05) is 6.07 Å². The minimum atomic E-state index is -0.581. The maximum absolute atomic E-state index is 13.0. The molecule has 0 radical (unpaired) electrons. The number of para-hydroxylation sites is 1. The van der Waals surface area contributed by atoms with E-state index in [1.54, 1.807) is 24.3 Å². The normalized spacial score (nSPS) is 12.1. The summed E-state index contributed by atoms with van der Waals surface area (Å²) in [5.74, 6) is 0. The Morgan fingerprint density at radius 2 is 2.04 bits per heavy atom. The quantitative estimate of drug-likeness (QED) is 0.300. The van der Waals surface area contributed by atoms with Crippen LogP contribution < -0.4 is 10.8 Å². The average Bonchev–Trinajstić information content (AvgIpc) is 2.97. The molecule has 2 aromatic heterocycles. The summed E-state index contributed by atoms with van der Waals surface area (Å²) in [6.45, 7) is 7.25. The summed E-state index contributed by atoms with van der Waals surface area (Å²) in [7, 11) is 0. The Hall–Kier alpha value is -4.30. The van der Waals surface area contributed by atoms with Gasteiger partial charge in [-0.25, -0.2) is 15.1 Å². The van der Waals surface area contributed by atoms with Crippen molar-refractivity contribution in [1.29, 1.82) is 5.26 Å². The summed E-state index contributed by atoms with van der Waals surface area (Å²) in [5, 5.41) is 21.2. The summed E-state index contributed by atoms with van der Waals surface area (Å²) in [6, 6.07) is 12.5. The van der Waals surface area contributed by atoms with Crippen molar-refractivity contribution in [2.75, 3.05) is 0 Å². The number of nitro groups is 1. The fourth-order valence-corrected chi connectivity index (χ4v) is 3.05. The van der Waals surface area contributed by atoms with Gasteiger partial charge in [-0.2, -0.15) is 0 Å². The molecule has 0 saturated heterocycles. The molecule has 0 fully saturated rings. The highest BCUT2D eigenvalue weighted by molar-refractivity contribution is 5.94. The van der Waals surface area contributed by atoms with E-state index in [1.165, 1.54) is 22.6 Å². The van der Waals surface area contributed by atoms with Crippen molar-refractivity contribution in [3.05, 3.63) is 79.6 Å². The number of hydrogen-bond acceptors (Lipinski definition) is 5. The lowest BCUT2D eigenvalue weighted by molar-refractivity contribution is -0.384. The zero-order valence-corrected chi connectivity index (χ0v) is 13.0. The van der Waals surface area contributed by atoms with E-state index in [4.69, 9.17) is 6.57 Å². The number of aromatic nitrogens is 2. The van der Waals surface area contributed by atoms with Crippen molar-refractivity contribution in [3.63, 3.8) is 0 Å². The van der Waals surface area contributed by atoms with E-state index < -0.39 is 10.5 Å². The monoisotopic (exact) mass is 341 g/mol. The average molecular weight is 341 g/mol. The van der Waals surface area contributed by atoms with Crippen LogP contribution in [-0.2, 0) is 0 Å². The topological polar surface area (TPSA) is 106 Å². The second kappa shape index (κ2) is 5.36. The van der Waals surface area contributed by atoms with Gasteiger partial charge >= 0.3 is 0 Å². The van der Waals surface area contributed by atoms with Crippen molar-refractivity contribution < 1.29 is 4.92 Å². The van der Waals surface area contributed by atoms with Crippen LogP contribution in [0.5, 0.6) is 0 Å². The second-order valence-corrected chi connectivity index (χ2v) is 5.50. The van der Waals surface area contributed by atoms with Crippen molar-refractivity contribution in [2.24, 2.45) is 0 Å². The van der Waals surface area contributed by atoms with E-state index in [0.717, 1.165) is 0 Å². The maximum atomic E-state index is 13.0. The Kier molecular flexibility index (Phi) is 3.14. The Morgan fingerprint density at radius 3 is 2.73 bits per heavy atom. The molecule has 0 amide bonds. The molecule has 0 unspecified atom stereocenters. The lowest BCUT2D eigenvalue weighted by Crippen LogP contribution is -2.17. The first-order valence-electron chi connectivity index (χ1n) is 7.40. The lowest BCUT2D eigenvalue weighted by atomic mass is 10.2. The fraction of sp³-hybridized carbons (Fsp3) is 0. The molecule has 0 atom stereocenters. The van der Waals surface area contributed by atoms with Crippen LogP contribution in [0.25, 0.3) is 38.0 Å². The zero-order valence-electron chi connectivity index (χ0n) is 13.0. The second-order valence-electron chi connectivity index (χ2n) is 5.50. The highest BCUT2D eigenvalue weighted by atomic mass is 16.6. The van der Waals surface area contributed by atoms with Crippen molar-refractivity contribution in [1.82, 2.24) is 9.38 Å². The summed E-state index contributed by atoms with van der Waals surface area (Å²) >= 11 is 0. The van der Waals surface area contributed by atoms with E-state index in [-0.39, 0.29) is 33.2 Å². The number of benzene rings is 2. The zero-order chi connectivity index (χ0) is 18.4. The number of fused-ring (bicyclic) bond motifs is 4. The van der Waals surface area contributed by atoms with Crippen LogP contribution >= 0.6 is 0 Å². The molecule has 8 nitrogen and oxygen atoms in total. The third-order valence-corrected chi connectivity index (χ3v) is 4.16. The van der Waals surface area contributed by atoms with Crippen LogP contribution in [0.1, 0.15) is 0 Å². The smallest absolute Gasteiger partial charge is 0.268 e. The number of nitriles is 1. The molecule has 4 aromatic rings. The third-order valence-electron chi connectivity index (χ3n) is 4.16. The molecule has 2 aromatic carbocycles. The summed E-state index contributed by atoms with van der Waals surface area (Å²) in [4.78, 5) is 31.1. The van der Waals surface area contributed by atoms with Crippen LogP contribution in [0.2, 0.25) is 0 Å². The Balaban J connectivity index is 2.38. The van der Waals surface area contributed by atoms with Gasteiger partial charge in [0.15, 0.2) is 0 Å². The first-order valence-corrected chi connectivity index (χ1v) is 7.40. The highest BCUT2D eigenvalue weighted by Crippen LogP contribution is 2.20. The standard InChI is InChI=1S/C18H7N5O3/c1-20-14(9-19)16-11-4-2-3-5-15(11)22-17(16)21-13-7-6-10(23(25)26)8-12(13)18(22)24/h2-8H. The van der Waals surface area contributed by atoms with Crippen LogP contribution in [0.3, 0.4) is 0 Å². The molecule has 0 spiro atoms. The number of hydrogen-bond donors (Lipinski definition) is 0. The van der Waals surface area contributed by atoms with Gasteiger partial charge in [0, 0.05) is 17.4 Å². The fourth-order valence-electron chi connectivity index (χ4n) is 3.05. The Bertz CT molecular complexity index is 1440. The number of rotatable bonds is 1. The van der Waals surface area contributed by atoms with Gasteiger partial charge in [-0.3, -0.25) is 19.3 Å². The predicted octanol–water partition coefficient (Wildman–Crippen LogP) is 2.18. The van der Waals surface area contributed by atoms with Crippen LogP contribution in [0.15, 0.2) is 47.3 Å². The van der Waals surface area contributed by atoms with Gasteiger partial charge in [-0.15, -0.1) is 0 Å². The number of non-ortho nitro benzene ring substituents is 1. The van der Waals surface area contributed by atoms with Gasteiger partial charge in [0.1, 0.15) is 5.65 Å². The van der Waals surface area contributed by atoms with E-state index >= 15 is 0 Å². The van der Waals surface area contributed by atoms with Crippen molar-refractivity contribution in [2.45, 2.75) is 0 Å². The first-order chi connectivity index (χ1) is 12.6. The van der Waals surface area contributed by atoms with Gasteiger partial charge in [0.25, 0.3) is 16.9 Å². The largest absolute Gasteiger partial charge is 0.273 e. The molecule has 4 rings (SSSR count). The molecule has 0 bridgehead atoms. The molecule has 0 aliphatic rings. The van der Waals surface area contributed by atoms with E-state index in [2.05, 4.69) is 9.83 Å². The third kappa shape index (κ3) is 1.93. The Morgan fingerprint density at radius 1 is 1.27 bits per heavy atom. The molecular weight excluding hydrogens is 334 g/mol. The summed E-state index contributed by atoms with van der Waals surface area (Å²) < 4.78 is 1.29. The molecule has 26 heavy (non-hydrogen) atoms. The number of nitro benzene ring substituents is 1. The molecule has 0 N–H and O–H groups in total.